The summed E-state index contributed by atoms with van der Waals surface area (Å²) in [7, 11) is 1.67. The number of hydrogen-bond donors (Lipinski definition) is 1. The highest BCUT2D eigenvalue weighted by molar-refractivity contribution is 5.96. The maximum atomic E-state index is 12.6. The fraction of sp³-hybridized carbons (Fsp3) is 0.647. The zero-order valence-corrected chi connectivity index (χ0v) is 14.1. The van der Waals surface area contributed by atoms with Crippen LogP contribution in [-0.2, 0) is 4.79 Å². The van der Waals surface area contributed by atoms with E-state index in [1.54, 1.807) is 13.2 Å². The number of likely N-dealkylation sites (tertiary alicyclic amines) is 1. The van der Waals surface area contributed by atoms with Crippen molar-refractivity contribution in [2.24, 2.45) is 21.3 Å². The molecule has 24 heavy (non-hydrogen) atoms. The summed E-state index contributed by atoms with van der Waals surface area (Å²) in [6, 6.07) is 0.344. The molecule has 128 valence electrons. The zero-order valence-electron chi connectivity index (χ0n) is 14.1. The Morgan fingerprint density at radius 3 is 2.62 bits per heavy atom. The van der Waals surface area contributed by atoms with Crippen LogP contribution in [0.25, 0.3) is 0 Å². The Labute approximate surface area is 141 Å². The number of nitrogens with zero attached hydrogens (tertiary/aromatic N) is 5. The van der Waals surface area contributed by atoms with Gasteiger partial charge in [-0.1, -0.05) is 0 Å². The lowest BCUT2D eigenvalue weighted by Crippen LogP contribution is -2.61. The Morgan fingerprint density at radius 1 is 1.38 bits per heavy atom. The molecule has 1 amide bonds. The fourth-order valence-electron chi connectivity index (χ4n) is 4.31. The molecule has 1 aliphatic heterocycles. The van der Waals surface area contributed by atoms with Gasteiger partial charge in [-0.15, -0.1) is 0 Å². The number of hydrogen-bond acceptors (Lipinski definition) is 3. The van der Waals surface area contributed by atoms with E-state index in [0.29, 0.717) is 17.9 Å². The Balaban J connectivity index is 1.33. The van der Waals surface area contributed by atoms with Gasteiger partial charge in [-0.2, -0.15) is 5.10 Å². The molecule has 2 heterocycles. The van der Waals surface area contributed by atoms with Crippen molar-refractivity contribution in [3.8, 4) is 0 Å². The first-order valence-electron chi connectivity index (χ1n) is 8.67. The lowest BCUT2D eigenvalue weighted by molar-refractivity contribution is -0.178. The predicted molar refractivity (Wildman–Crippen MR) is 93.4 cm³/mol. The maximum absolute atomic E-state index is 12.6. The predicted octanol–water partition coefficient (Wildman–Crippen LogP) is 1.94. The molecule has 1 N–H and O–H groups in total. The number of aromatic nitrogens is 2. The molecule has 1 aromatic rings. The molecule has 4 fully saturated rings. The third-order valence-electron chi connectivity index (χ3n) is 5.84. The largest absolute Gasteiger partial charge is 0.342 e. The number of rotatable bonds is 3. The van der Waals surface area contributed by atoms with Gasteiger partial charge in [0, 0.05) is 26.3 Å². The van der Waals surface area contributed by atoms with Gasteiger partial charge in [0.25, 0.3) is 0 Å². The summed E-state index contributed by atoms with van der Waals surface area (Å²) < 4.78 is 1.99. The van der Waals surface area contributed by atoms with Crippen molar-refractivity contribution in [3.05, 3.63) is 12.4 Å². The number of carbonyl (C=O) groups is 1. The van der Waals surface area contributed by atoms with E-state index in [0.717, 1.165) is 56.8 Å². The molecule has 7 nitrogen and oxygen atoms in total. The second-order valence-corrected chi connectivity index (χ2v) is 7.32. The second kappa shape index (κ2) is 5.72. The van der Waals surface area contributed by atoms with E-state index in [4.69, 9.17) is 0 Å². The molecule has 0 spiro atoms. The minimum absolute atomic E-state index is 0.0495. The fourth-order valence-corrected chi connectivity index (χ4v) is 4.31. The maximum Gasteiger partial charge on any atom is 0.228 e. The van der Waals surface area contributed by atoms with Crippen LogP contribution < -0.4 is 5.32 Å². The van der Waals surface area contributed by atoms with Crippen molar-refractivity contribution in [3.63, 3.8) is 0 Å². The van der Waals surface area contributed by atoms with E-state index in [1.165, 1.54) is 0 Å². The summed E-state index contributed by atoms with van der Waals surface area (Å²) in [4.78, 5) is 22.5. The number of aliphatic imine (C=N–C) groups is 2. The zero-order chi connectivity index (χ0) is 16.7. The van der Waals surface area contributed by atoms with Crippen LogP contribution in [0.3, 0.4) is 0 Å². The molecule has 0 unspecified atom stereocenters. The van der Waals surface area contributed by atoms with Gasteiger partial charge in [-0.05, 0) is 44.7 Å². The Morgan fingerprint density at radius 2 is 2.08 bits per heavy atom. The number of amides is 1. The lowest BCUT2D eigenvalue weighted by atomic mass is 9.44. The van der Waals surface area contributed by atoms with Crippen molar-refractivity contribution in [1.29, 1.82) is 0 Å². The highest BCUT2D eigenvalue weighted by atomic mass is 16.2. The summed E-state index contributed by atoms with van der Waals surface area (Å²) in [6.45, 7) is 5.16. The smallest absolute Gasteiger partial charge is 0.228 e. The molecule has 3 aliphatic carbocycles. The van der Waals surface area contributed by atoms with E-state index in [2.05, 4.69) is 32.0 Å². The van der Waals surface area contributed by atoms with Gasteiger partial charge in [0.15, 0.2) is 0 Å². The van der Waals surface area contributed by atoms with Crippen molar-refractivity contribution < 1.29 is 4.79 Å². The molecule has 0 atom stereocenters. The third-order valence-corrected chi connectivity index (χ3v) is 5.84. The number of nitrogens with one attached hydrogen (secondary N) is 1. The molecule has 1 aromatic heterocycles. The minimum Gasteiger partial charge on any atom is -0.342 e. The van der Waals surface area contributed by atoms with Gasteiger partial charge in [-0.25, -0.2) is 4.99 Å². The molecule has 3 saturated carbocycles. The average Bonchev–Trinajstić information content (AvgIpc) is 2.98. The minimum atomic E-state index is 0.0495. The monoisotopic (exact) mass is 328 g/mol. The van der Waals surface area contributed by atoms with E-state index >= 15 is 0 Å². The van der Waals surface area contributed by atoms with Gasteiger partial charge in [0.05, 0.1) is 23.3 Å². The summed E-state index contributed by atoms with van der Waals surface area (Å²) in [5.74, 6) is 1.74. The summed E-state index contributed by atoms with van der Waals surface area (Å²) in [6.07, 6.45) is 9.08. The standard InChI is InChI=1S/C17H24N6O/c1-18-16(19-2)21-13-10-20-23(11-13)14-3-5-22(6-4-14)15(24)17-7-12(8-17)9-17/h10-12,14H,1,3-9H2,2H3,(H,19,21). The number of guanidine groups is 1. The summed E-state index contributed by atoms with van der Waals surface area (Å²) >= 11 is 0. The lowest BCUT2D eigenvalue weighted by Gasteiger charge is -2.61. The number of piperidine rings is 1. The van der Waals surface area contributed by atoms with Crippen molar-refractivity contribution in [2.45, 2.75) is 38.1 Å². The number of carbonyl (C=O) groups excluding carboxylic acids is 1. The van der Waals surface area contributed by atoms with Crippen LogP contribution in [-0.4, -0.2) is 53.4 Å². The highest BCUT2D eigenvalue weighted by Crippen LogP contribution is 2.65. The van der Waals surface area contributed by atoms with Crippen molar-refractivity contribution >= 4 is 24.3 Å². The van der Waals surface area contributed by atoms with Crippen LogP contribution in [0.1, 0.15) is 38.1 Å². The van der Waals surface area contributed by atoms with E-state index in [9.17, 15) is 4.79 Å². The van der Waals surface area contributed by atoms with E-state index in [-0.39, 0.29) is 5.41 Å². The molecular formula is C17H24N6O. The first-order chi connectivity index (χ1) is 11.6. The summed E-state index contributed by atoms with van der Waals surface area (Å²) in [5, 5.41) is 7.53. The van der Waals surface area contributed by atoms with Gasteiger partial charge in [-0.3, -0.25) is 14.5 Å². The third kappa shape index (κ3) is 2.42. The SMILES string of the molecule is C=N/C(=N\C)Nc1cnn(C2CCN(C(=O)C34CC(C3)C4)CC2)c1. The second-order valence-electron chi connectivity index (χ2n) is 7.32. The Kier molecular flexibility index (Phi) is 3.66. The molecule has 2 bridgehead atoms. The van der Waals surface area contributed by atoms with Crippen LogP contribution in [0.4, 0.5) is 5.69 Å². The molecule has 7 heteroatoms. The van der Waals surface area contributed by atoms with Crippen LogP contribution in [0, 0.1) is 11.3 Å². The van der Waals surface area contributed by atoms with Crippen LogP contribution in [0.2, 0.25) is 0 Å². The summed E-state index contributed by atoms with van der Waals surface area (Å²) in [5.41, 5.74) is 0.906. The first-order valence-corrected chi connectivity index (χ1v) is 8.67. The number of anilines is 1. The topological polar surface area (TPSA) is 74.9 Å². The highest BCUT2D eigenvalue weighted by Gasteiger charge is 2.62. The van der Waals surface area contributed by atoms with Gasteiger partial charge < -0.3 is 10.2 Å². The van der Waals surface area contributed by atoms with E-state index < -0.39 is 0 Å². The molecular weight excluding hydrogens is 304 g/mol. The molecule has 4 aliphatic rings. The quantitative estimate of drug-likeness (QED) is 0.681. The van der Waals surface area contributed by atoms with Crippen LogP contribution in [0.15, 0.2) is 22.4 Å². The molecule has 0 aromatic carbocycles. The van der Waals surface area contributed by atoms with Crippen molar-refractivity contribution in [1.82, 2.24) is 14.7 Å². The first kappa shape index (κ1) is 15.4. The average molecular weight is 328 g/mol. The van der Waals surface area contributed by atoms with E-state index in [1.807, 2.05) is 10.9 Å². The molecule has 1 saturated heterocycles. The van der Waals surface area contributed by atoms with Gasteiger partial charge >= 0.3 is 0 Å². The van der Waals surface area contributed by atoms with Gasteiger partial charge in [0.2, 0.25) is 11.9 Å². The van der Waals surface area contributed by atoms with Gasteiger partial charge in [0.1, 0.15) is 0 Å². The van der Waals surface area contributed by atoms with Crippen molar-refractivity contribution in [2.75, 3.05) is 25.5 Å². The molecule has 0 radical (unpaired) electrons. The molecule has 5 rings (SSSR count). The Bertz CT molecular complexity index is 668. The normalized spacial score (nSPS) is 29.6. The Hall–Kier alpha value is -2.18. The van der Waals surface area contributed by atoms with Crippen LogP contribution in [0.5, 0.6) is 0 Å². The van der Waals surface area contributed by atoms with Crippen LogP contribution >= 0.6 is 0 Å².